The van der Waals surface area contributed by atoms with Gasteiger partial charge >= 0.3 is 5.97 Å². The van der Waals surface area contributed by atoms with Crippen LogP contribution >= 0.6 is 22.7 Å². The van der Waals surface area contributed by atoms with Crippen molar-refractivity contribution in [2.24, 2.45) is 0 Å². The van der Waals surface area contributed by atoms with Gasteiger partial charge in [-0.3, -0.25) is 9.20 Å². The molecule has 0 aromatic carbocycles. The normalized spacial score (nSPS) is 10.8. The summed E-state index contributed by atoms with van der Waals surface area (Å²) in [7, 11) is 0. The lowest BCUT2D eigenvalue weighted by Crippen LogP contribution is -2.15. The predicted molar refractivity (Wildman–Crippen MR) is 76.7 cm³/mol. The Hall–Kier alpha value is -2.19. The van der Waals surface area contributed by atoms with Gasteiger partial charge in [0.2, 0.25) is 5.91 Å². The summed E-state index contributed by atoms with van der Waals surface area (Å²) in [6.07, 6.45) is 3.78. The fourth-order valence-electron chi connectivity index (χ4n) is 1.77. The average molecular weight is 307 g/mol. The highest BCUT2D eigenvalue weighted by molar-refractivity contribution is 7.15. The van der Waals surface area contributed by atoms with Gasteiger partial charge in [0.1, 0.15) is 5.00 Å². The number of aromatic nitrogens is 2. The highest BCUT2D eigenvalue weighted by Gasteiger charge is 2.15. The van der Waals surface area contributed by atoms with Crippen LogP contribution in [0, 0.1) is 0 Å². The molecule has 0 aliphatic rings. The summed E-state index contributed by atoms with van der Waals surface area (Å²) in [5.41, 5.74) is 0.761. The number of anilines is 1. The molecule has 0 saturated heterocycles. The van der Waals surface area contributed by atoms with E-state index < -0.39 is 5.97 Å². The maximum Gasteiger partial charge on any atom is 0.338 e. The zero-order chi connectivity index (χ0) is 14.1. The van der Waals surface area contributed by atoms with Gasteiger partial charge in [0.05, 0.1) is 17.7 Å². The zero-order valence-corrected chi connectivity index (χ0v) is 11.7. The average Bonchev–Trinajstić information content (AvgIpc) is 3.03. The first kappa shape index (κ1) is 12.8. The number of fused-ring (bicyclic) bond motifs is 1. The highest BCUT2D eigenvalue weighted by Crippen LogP contribution is 2.23. The number of imidazole rings is 1. The topological polar surface area (TPSA) is 83.7 Å². The van der Waals surface area contributed by atoms with Gasteiger partial charge < -0.3 is 10.4 Å². The second-order valence-electron chi connectivity index (χ2n) is 4.02. The zero-order valence-electron chi connectivity index (χ0n) is 10.1. The fourth-order valence-corrected chi connectivity index (χ4v) is 3.29. The molecule has 20 heavy (non-hydrogen) atoms. The molecule has 3 aromatic heterocycles. The third-order valence-corrected chi connectivity index (χ3v) is 4.23. The second kappa shape index (κ2) is 5.06. The van der Waals surface area contributed by atoms with Gasteiger partial charge in [-0.2, -0.15) is 0 Å². The van der Waals surface area contributed by atoms with E-state index in [2.05, 4.69) is 10.3 Å². The maximum absolute atomic E-state index is 11.9. The Bertz CT molecular complexity index is 758. The Kier molecular flexibility index (Phi) is 3.25. The Morgan fingerprint density at radius 3 is 2.95 bits per heavy atom. The summed E-state index contributed by atoms with van der Waals surface area (Å²) < 4.78 is 1.85. The van der Waals surface area contributed by atoms with Crippen LogP contribution in [0.2, 0.25) is 0 Å². The Morgan fingerprint density at radius 1 is 1.35 bits per heavy atom. The molecule has 0 saturated carbocycles. The van der Waals surface area contributed by atoms with Crippen molar-refractivity contribution in [2.75, 3.05) is 5.32 Å². The van der Waals surface area contributed by atoms with Crippen molar-refractivity contribution in [1.29, 1.82) is 0 Å². The molecular formula is C12H9N3O3S2. The third-order valence-electron chi connectivity index (χ3n) is 2.63. The first-order valence-corrected chi connectivity index (χ1v) is 7.41. The van der Waals surface area contributed by atoms with Crippen molar-refractivity contribution in [3.63, 3.8) is 0 Å². The highest BCUT2D eigenvalue weighted by atomic mass is 32.1. The van der Waals surface area contributed by atoms with Gasteiger partial charge in [0.25, 0.3) is 0 Å². The van der Waals surface area contributed by atoms with E-state index in [1.54, 1.807) is 11.6 Å². The molecule has 0 fully saturated rings. The SMILES string of the molecule is O=C(Cc1cn2ccsc2n1)Nc1sccc1C(=O)O. The van der Waals surface area contributed by atoms with Gasteiger partial charge in [-0.1, -0.05) is 0 Å². The number of thiazole rings is 1. The summed E-state index contributed by atoms with van der Waals surface area (Å²) in [6.45, 7) is 0. The summed E-state index contributed by atoms with van der Waals surface area (Å²) in [5, 5.41) is 15.5. The van der Waals surface area contributed by atoms with Crippen LogP contribution in [0.5, 0.6) is 0 Å². The molecule has 0 aliphatic carbocycles. The molecule has 1 amide bonds. The molecule has 6 nitrogen and oxygen atoms in total. The number of aromatic carboxylic acids is 1. The van der Waals surface area contributed by atoms with Crippen LogP contribution < -0.4 is 5.32 Å². The van der Waals surface area contributed by atoms with E-state index >= 15 is 0 Å². The van der Waals surface area contributed by atoms with Gasteiger partial charge in [0, 0.05) is 17.8 Å². The van der Waals surface area contributed by atoms with Crippen molar-refractivity contribution in [2.45, 2.75) is 6.42 Å². The van der Waals surface area contributed by atoms with Gasteiger partial charge in [-0.15, -0.1) is 22.7 Å². The largest absolute Gasteiger partial charge is 0.478 e. The Labute approximate surface area is 121 Å². The monoisotopic (exact) mass is 307 g/mol. The van der Waals surface area contributed by atoms with Crippen LogP contribution in [0.1, 0.15) is 16.1 Å². The smallest absolute Gasteiger partial charge is 0.338 e. The van der Waals surface area contributed by atoms with Crippen molar-refractivity contribution >= 4 is 44.5 Å². The summed E-state index contributed by atoms with van der Waals surface area (Å²) in [6, 6.07) is 1.47. The molecule has 0 spiro atoms. The number of carbonyl (C=O) groups excluding carboxylic acids is 1. The minimum atomic E-state index is -1.05. The fraction of sp³-hybridized carbons (Fsp3) is 0.0833. The standard InChI is InChI=1S/C12H9N3O3S2/c16-9(14-10-8(11(17)18)1-3-19-10)5-7-6-15-2-4-20-12(15)13-7/h1-4,6H,5H2,(H,14,16)(H,17,18). The van der Waals surface area contributed by atoms with E-state index in [1.165, 1.54) is 28.7 Å². The van der Waals surface area contributed by atoms with Crippen molar-refractivity contribution in [3.05, 3.63) is 40.5 Å². The lowest BCUT2D eigenvalue weighted by Gasteiger charge is -2.02. The van der Waals surface area contributed by atoms with Gasteiger partial charge in [0.15, 0.2) is 4.96 Å². The van der Waals surface area contributed by atoms with Crippen LogP contribution in [0.15, 0.2) is 29.2 Å². The number of hydrogen-bond acceptors (Lipinski definition) is 5. The summed E-state index contributed by atoms with van der Waals surface area (Å²) >= 11 is 2.68. The van der Waals surface area contributed by atoms with E-state index in [0.717, 1.165) is 4.96 Å². The molecule has 3 aromatic rings. The molecule has 0 bridgehead atoms. The number of amides is 1. The first-order valence-electron chi connectivity index (χ1n) is 5.65. The molecule has 102 valence electrons. The third kappa shape index (κ3) is 2.43. The number of rotatable bonds is 4. The van der Waals surface area contributed by atoms with Crippen LogP contribution in [0.25, 0.3) is 4.96 Å². The predicted octanol–water partition coefficient (Wildman–Crippen LogP) is 2.34. The van der Waals surface area contributed by atoms with Crippen LogP contribution in [-0.2, 0) is 11.2 Å². The van der Waals surface area contributed by atoms with Crippen LogP contribution in [-0.4, -0.2) is 26.4 Å². The first-order chi connectivity index (χ1) is 9.63. The molecule has 3 heterocycles. The van der Waals surface area contributed by atoms with E-state index in [9.17, 15) is 9.59 Å². The molecule has 0 unspecified atom stereocenters. The van der Waals surface area contributed by atoms with E-state index in [1.807, 2.05) is 16.0 Å². The quantitative estimate of drug-likeness (QED) is 0.775. The van der Waals surface area contributed by atoms with Gasteiger partial charge in [-0.05, 0) is 11.4 Å². The lowest BCUT2D eigenvalue weighted by atomic mass is 10.3. The molecular weight excluding hydrogens is 298 g/mol. The second-order valence-corrected chi connectivity index (χ2v) is 5.81. The number of hydrogen-bond donors (Lipinski definition) is 2. The Morgan fingerprint density at radius 2 is 2.20 bits per heavy atom. The summed E-state index contributed by atoms with van der Waals surface area (Å²) in [4.78, 5) is 28.0. The van der Waals surface area contributed by atoms with E-state index in [0.29, 0.717) is 10.7 Å². The van der Waals surface area contributed by atoms with Crippen molar-refractivity contribution in [1.82, 2.24) is 9.38 Å². The number of thiophene rings is 1. The van der Waals surface area contributed by atoms with Crippen LogP contribution in [0.4, 0.5) is 5.00 Å². The number of carboxylic acid groups (broad SMARTS) is 1. The molecule has 8 heteroatoms. The molecule has 0 radical (unpaired) electrons. The minimum Gasteiger partial charge on any atom is -0.478 e. The number of carbonyl (C=O) groups is 2. The molecule has 3 rings (SSSR count). The molecule has 0 atom stereocenters. The Balaban J connectivity index is 1.72. The van der Waals surface area contributed by atoms with E-state index in [4.69, 9.17) is 5.11 Å². The van der Waals surface area contributed by atoms with Crippen molar-refractivity contribution in [3.8, 4) is 0 Å². The molecule has 0 aliphatic heterocycles. The minimum absolute atomic E-state index is 0.106. The number of carboxylic acids is 1. The van der Waals surface area contributed by atoms with E-state index in [-0.39, 0.29) is 17.9 Å². The summed E-state index contributed by atoms with van der Waals surface area (Å²) in [5.74, 6) is -1.33. The number of nitrogens with zero attached hydrogens (tertiary/aromatic N) is 2. The lowest BCUT2D eigenvalue weighted by molar-refractivity contribution is -0.115. The van der Waals surface area contributed by atoms with Gasteiger partial charge in [-0.25, -0.2) is 9.78 Å². The maximum atomic E-state index is 11.9. The number of nitrogens with one attached hydrogen (secondary N) is 1. The van der Waals surface area contributed by atoms with Crippen LogP contribution in [0.3, 0.4) is 0 Å². The van der Waals surface area contributed by atoms with Crippen molar-refractivity contribution < 1.29 is 14.7 Å². The molecule has 2 N–H and O–H groups in total.